The third-order valence-electron chi connectivity index (χ3n) is 4.77. The summed E-state index contributed by atoms with van der Waals surface area (Å²) in [5.41, 5.74) is 2.45. The lowest BCUT2D eigenvalue weighted by molar-refractivity contribution is 0.477. The van der Waals surface area contributed by atoms with Crippen LogP contribution in [-0.4, -0.2) is 30.8 Å². The maximum Gasteiger partial charge on any atom is 0.243 e. The molecule has 7 heteroatoms. The average molecular weight is 402 g/mol. The standard InChI is InChI=1S/C20H20ClN3O2S/c21-20-16(12-15-6-1-2-9-19(15)23-20)14-22-17-7-5-8-18(13-17)27(25,26)24-10-3-4-11-24/h1-2,5-9,12-13,22H,3-4,10-11,14H2. The molecule has 0 atom stereocenters. The molecule has 0 saturated carbocycles. The van der Waals surface area contributed by atoms with Crippen LogP contribution in [0.1, 0.15) is 18.4 Å². The van der Waals surface area contributed by atoms with Gasteiger partial charge in [0.25, 0.3) is 0 Å². The number of benzene rings is 2. The van der Waals surface area contributed by atoms with E-state index in [-0.39, 0.29) is 0 Å². The molecule has 4 rings (SSSR count). The molecule has 27 heavy (non-hydrogen) atoms. The van der Waals surface area contributed by atoms with E-state index in [1.165, 1.54) is 0 Å². The van der Waals surface area contributed by atoms with Crippen LogP contribution in [0.4, 0.5) is 5.69 Å². The van der Waals surface area contributed by atoms with Crippen LogP contribution in [0.15, 0.2) is 59.5 Å². The molecule has 2 aromatic carbocycles. The normalized spacial score (nSPS) is 15.3. The van der Waals surface area contributed by atoms with Crippen LogP contribution in [0.25, 0.3) is 10.9 Å². The second-order valence-corrected chi connectivity index (χ2v) is 8.92. The number of sulfonamides is 1. The van der Waals surface area contributed by atoms with Crippen LogP contribution in [0.3, 0.4) is 0 Å². The van der Waals surface area contributed by atoms with E-state index in [0.717, 1.165) is 35.0 Å². The minimum atomic E-state index is -3.43. The van der Waals surface area contributed by atoms with Gasteiger partial charge in [0.2, 0.25) is 10.0 Å². The van der Waals surface area contributed by atoms with Crippen LogP contribution < -0.4 is 5.32 Å². The summed E-state index contributed by atoms with van der Waals surface area (Å²) in [6.07, 6.45) is 1.84. The van der Waals surface area contributed by atoms with Crippen molar-refractivity contribution in [2.75, 3.05) is 18.4 Å². The summed E-state index contributed by atoms with van der Waals surface area (Å²) in [7, 11) is -3.43. The third-order valence-corrected chi connectivity index (χ3v) is 6.99. The van der Waals surface area contributed by atoms with Gasteiger partial charge in [0.1, 0.15) is 5.15 Å². The molecule has 140 valence electrons. The highest BCUT2D eigenvalue weighted by atomic mass is 35.5. The predicted octanol–water partition coefficient (Wildman–Crippen LogP) is 4.28. The molecule has 0 radical (unpaired) electrons. The van der Waals surface area contributed by atoms with Gasteiger partial charge >= 0.3 is 0 Å². The van der Waals surface area contributed by atoms with Crippen LogP contribution in [0.2, 0.25) is 5.15 Å². The lowest BCUT2D eigenvalue weighted by Gasteiger charge is -2.16. The van der Waals surface area contributed by atoms with E-state index in [4.69, 9.17) is 11.6 Å². The summed E-state index contributed by atoms with van der Waals surface area (Å²) in [5, 5.41) is 4.73. The first kappa shape index (κ1) is 18.2. The lowest BCUT2D eigenvalue weighted by Crippen LogP contribution is -2.27. The summed E-state index contributed by atoms with van der Waals surface area (Å²) >= 11 is 6.31. The molecule has 0 bridgehead atoms. The lowest BCUT2D eigenvalue weighted by atomic mass is 10.1. The Kier molecular flexibility index (Phi) is 5.04. The number of fused-ring (bicyclic) bond motifs is 1. The molecule has 1 fully saturated rings. The second kappa shape index (κ2) is 7.46. The van der Waals surface area contributed by atoms with Crippen LogP contribution in [-0.2, 0) is 16.6 Å². The SMILES string of the molecule is O=S(=O)(c1cccc(NCc2cc3ccccc3nc2Cl)c1)N1CCCC1. The van der Waals surface area contributed by atoms with Gasteiger partial charge in [-0.15, -0.1) is 0 Å². The molecule has 1 saturated heterocycles. The summed E-state index contributed by atoms with van der Waals surface area (Å²) in [5.74, 6) is 0. The van der Waals surface area contributed by atoms with Gasteiger partial charge in [-0.2, -0.15) is 4.31 Å². The number of aromatic nitrogens is 1. The van der Waals surface area contributed by atoms with E-state index in [1.807, 2.05) is 36.4 Å². The molecule has 1 aliphatic heterocycles. The first-order valence-electron chi connectivity index (χ1n) is 8.92. The number of para-hydroxylation sites is 1. The van der Waals surface area contributed by atoms with E-state index < -0.39 is 10.0 Å². The Morgan fingerprint density at radius 1 is 1.04 bits per heavy atom. The quantitative estimate of drug-likeness (QED) is 0.648. The average Bonchev–Trinajstić information content (AvgIpc) is 3.22. The Hall–Kier alpha value is -2.15. The van der Waals surface area contributed by atoms with Gasteiger partial charge in [-0.1, -0.05) is 35.9 Å². The molecule has 1 aromatic heterocycles. The maximum atomic E-state index is 12.7. The number of hydrogen-bond acceptors (Lipinski definition) is 4. The van der Waals surface area contributed by atoms with Gasteiger partial charge in [0, 0.05) is 36.3 Å². The zero-order chi connectivity index (χ0) is 18.9. The van der Waals surface area contributed by atoms with Gasteiger partial charge in [0.05, 0.1) is 10.4 Å². The molecule has 0 spiro atoms. The molecule has 0 amide bonds. The van der Waals surface area contributed by atoms with Crippen molar-refractivity contribution < 1.29 is 8.42 Å². The molecular formula is C20H20ClN3O2S. The number of rotatable bonds is 5. The number of nitrogens with zero attached hydrogens (tertiary/aromatic N) is 2. The van der Waals surface area contributed by atoms with Crippen molar-refractivity contribution in [1.82, 2.24) is 9.29 Å². The fraction of sp³-hybridized carbons (Fsp3) is 0.250. The highest BCUT2D eigenvalue weighted by Crippen LogP contribution is 2.25. The van der Waals surface area contributed by atoms with Crippen molar-refractivity contribution in [3.05, 3.63) is 65.3 Å². The Labute approximate surface area is 164 Å². The monoisotopic (exact) mass is 401 g/mol. The molecule has 2 heterocycles. The van der Waals surface area contributed by atoms with E-state index >= 15 is 0 Å². The Bertz CT molecular complexity index is 1080. The minimum Gasteiger partial charge on any atom is -0.381 e. The molecule has 5 nitrogen and oxygen atoms in total. The topological polar surface area (TPSA) is 62.3 Å². The number of halogens is 1. The Morgan fingerprint density at radius 3 is 2.63 bits per heavy atom. The zero-order valence-corrected chi connectivity index (χ0v) is 16.3. The van der Waals surface area contributed by atoms with Crippen molar-refractivity contribution in [2.45, 2.75) is 24.3 Å². The van der Waals surface area contributed by atoms with E-state index in [1.54, 1.807) is 22.5 Å². The van der Waals surface area contributed by atoms with Crippen LogP contribution in [0.5, 0.6) is 0 Å². The van der Waals surface area contributed by atoms with Gasteiger partial charge in [-0.3, -0.25) is 0 Å². The minimum absolute atomic E-state index is 0.317. The van der Waals surface area contributed by atoms with Crippen LogP contribution in [0, 0.1) is 0 Å². The van der Waals surface area contributed by atoms with Gasteiger partial charge in [-0.25, -0.2) is 13.4 Å². The number of pyridine rings is 1. The molecule has 0 aliphatic carbocycles. The Balaban J connectivity index is 1.55. The van der Waals surface area contributed by atoms with Crippen molar-refractivity contribution in [3.63, 3.8) is 0 Å². The second-order valence-electron chi connectivity index (χ2n) is 6.62. The zero-order valence-electron chi connectivity index (χ0n) is 14.7. The number of hydrogen-bond donors (Lipinski definition) is 1. The first-order chi connectivity index (χ1) is 13.0. The number of anilines is 1. The van der Waals surface area contributed by atoms with Crippen LogP contribution >= 0.6 is 11.6 Å². The summed E-state index contributed by atoms with van der Waals surface area (Å²) in [6, 6.07) is 16.7. The molecule has 3 aromatic rings. The van der Waals surface area contributed by atoms with Crippen molar-refractivity contribution in [2.24, 2.45) is 0 Å². The summed E-state index contributed by atoms with van der Waals surface area (Å²) in [6.45, 7) is 1.65. The van der Waals surface area contributed by atoms with Gasteiger partial charge in [0.15, 0.2) is 0 Å². The van der Waals surface area contributed by atoms with Gasteiger partial charge < -0.3 is 5.32 Å². The Morgan fingerprint density at radius 2 is 1.81 bits per heavy atom. The van der Waals surface area contributed by atoms with Crippen molar-refractivity contribution in [1.29, 1.82) is 0 Å². The highest BCUT2D eigenvalue weighted by Gasteiger charge is 2.27. The predicted molar refractivity (Wildman–Crippen MR) is 109 cm³/mol. The fourth-order valence-corrected chi connectivity index (χ4v) is 5.08. The van der Waals surface area contributed by atoms with E-state index in [9.17, 15) is 8.42 Å². The fourth-order valence-electron chi connectivity index (χ4n) is 3.30. The molecule has 1 aliphatic rings. The van der Waals surface area contributed by atoms with E-state index in [2.05, 4.69) is 10.3 Å². The van der Waals surface area contributed by atoms with Crippen molar-refractivity contribution in [3.8, 4) is 0 Å². The molecule has 1 N–H and O–H groups in total. The van der Waals surface area contributed by atoms with E-state index in [0.29, 0.717) is 29.7 Å². The summed E-state index contributed by atoms with van der Waals surface area (Å²) < 4.78 is 27.0. The summed E-state index contributed by atoms with van der Waals surface area (Å²) in [4.78, 5) is 4.74. The maximum absolute atomic E-state index is 12.7. The third kappa shape index (κ3) is 3.78. The van der Waals surface area contributed by atoms with Gasteiger partial charge in [-0.05, 0) is 43.2 Å². The molecular weight excluding hydrogens is 382 g/mol. The largest absolute Gasteiger partial charge is 0.381 e. The van der Waals surface area contributed by atoms with Crippen molar-refractivity contribution >= 4 is 38.2 Å². The number of nitrogens with one attached hydrogen (secondary N) is 1. The highest BCUT2D eigenvalue weighted by molar-refractivity contribution is 7.89. The molecule has 0 unspecified atom stereocenters. The first-order valence-corrected chi connectivity index (χ1v) is 10.7. The smallest absolute Gasteiger partial charge is 0.243 e.